The summed E-state index contributed by atoms with van der Waals surface area (Å²) in [5.74, 6) is 1.13. The van der Waals surface area contributed by atoms with Crippen molar-refractivity contribution in [3.63, 3.8) is 0 Å². The Bertz CT molecular complexity index is 1470. The van der Waals surface area contributed by atoms with Crippen molar-refractivity contribution in [1.29, 1.82) is 0 Å². The van der Waals surface area contributed by atoms with Crippen LogP contribution in [0.25, 0.3) is 0 Å². The van der Waals surface area contributed by atoms with Crippen molar-refractivity contribution >= 4 is 31.4 Å². The van der Waals surface area contributed by atoms with Crippen molar-refractivity contribution in [3.05, 3.63) is 83.9 Å². The summed E-state index contributed by atoms with van der Waals surface area (Å²) in [5.41, 5.74) is 2.27. The summed E-state index contributed by atoms with van der Waals surface area (Å²) in [6.07, 6.45) is 0.297. The summed E-state index contributed by atoms with van der Waals surface area (Å²) in [7, 11) is -4.41. The summed E-state index contributed by atoms with van der Waals surface area (Å²) in [4.78, 5) is 0.0799. The van der Waals surface area contributed by atoms with Crippen molar-refractivity contribution in [2.24, 2.45) is 5.10 Å². The quantitative estimate of drug-likeness (QED) is 0.448. The van der Waals surface area contributed by atoms with Crippen molar-refractivity contribution in [2.75, 3.05) is 24.7 Å². The Hall–Kier alpha value is -3.57. The van der Waals surface area contributed by atoms with Gasteiger partial charge in [-0.1, -0.05) is 24.3 Å². The van der Waals surface area contributed by atoms with E-state index >= 15 is 0 Å². The third-order valence-corrected chi connectivity index (χ3v) is 8.83. The molecule has 0 fully saturated rings. The lowest BCUT2D eigenvalue weighted by atomic mass is 9.99. The molecule has 36 heavy (non-hydrogen) atoms. The third-order valence-electron chi connectivity index (χ3n) is 5.83. The number of hydrogen-bond donors (Lipinski definition) is 1. The van der Waals surface area contributed by atoms with Crippen LogP contribution in [-0.4, -0.2) is 46.9 Å². The Morgan fingerprint density at radius 1 is 0.917 bits per heavy atom. The molecule has 9 nitrogen and oxygen atoms in total. The minimum atomic E-state index is -4.01. The highest BCUT2D eigenvalue weighted by atomic mass is 32.2. The fourth-order valence-corrected chi connectivity index (χ4v) is 5.89. The van der Waals surface area contributed by atoms with E-state index in [1.54, 1.807) is 62.6 Å². The number of rotatable bonds is 9. The smallest absolute Gasteiger partial charge is 0.279 e. The minimum Gasteiger partial charge on any atom is -0.497 e. The van der Waals surface area contributed by atoms with Gasteiger partial charge in [-0.2, -0.15) is 17.9 Å². The summed E-state index contributed by atoms with van der Waals surface area (Å²) < 4.78 is 65.4. The molecule has 0 spiro atoms. The Morgan fingerprint density at radius 3 is 2.11 bits per heavy atom. The normalized spacial score (nSPS) is 15.9. The molecule has 0 unspecified atom stereocenters. The molecule has 190 valence electrons. The lowest BCUT2D eigenvalue weighted by molar-refractivity contribution is 0.370. The molecule has 0 saturated carbocycles. The van der Waals surface area contributed by atoms with E-state index in [9.17, 15) is 16.8 Å². The summed E-state index contributed by atoms with van der Waals surface area (Å²) >= 11 is 0. The number of ether oxygens (including phenoxy) is 2. The lowest BCUT2D eigenvalue weighted by Gasteiger charge is -2.23. The maximum absolute atomic E-state index is 13.7. The van der Waals surface area contributed by atoms with Gasteiger partial charge in [-0.3, -0.25) is 4.72 Å². The van der Waals surface area contributed by atoms with Gasteiger partial charge in [0.1, 0.15) is 11.5 Å². The van der Waals surface area contributed by atoms with E-state index in [0.717, 1.165) is 9.98 Å². The lowest BCUT2D eigenvalue weighted by Crippen LogP contribution is -2.27. The van der Waals surface area contributed by atoms with Crippen molar-refractivity contribution in [1.82, 2.24) is 4.41 Å². The molecule has 1 aliphatic rings. The molecule has 3 aromatic rings. The SMILES string of the molecule is CCS(=O)(=O)Nc1cccc(C2=NN(S(=O)(=O)c3ccc(OC)cc3)[C@@H](c3ccc(OC)cc3)C2)c1. The molecule has 3 aromatic carbocycles. The van der Waals surface area contributed by atoms with Gasteiger partial charge in [0.25, 0.3) is 10.0 Å². The van der Waals surface area contributed by atoms with Gasteiger partial charge >= 0.3 is 0 Å². The number of nitrogens with zero attached hydrogens (tertiary/aromatic N) is 2. The van der Waals surface area contributed by atoms with E-state index < -0.39 is 26.1 Å². The Kier molecular flexibility index (Phi) is 7.23. The fraction of sp³-hybridized carbons (Fsp3) is 0.240. The molecule has 0 aliphatic carbocycles. The highest BCUT2D eigenvalue weighted by molar-refractivity contribution is 7.92. The first-order valence-electron chi connectivity index (χ1n) is 11.2. The van der Waals surface area contributed by atoms with Crippen LogP contribution in [0.3, 0.4) is 0 Å². The predicted octanol–water partition coefficient (Wildman–Crippen LogP) is 4.01. The van der Waals surface area contributed by atoms with Gasteiger partial charge in [0.2, 0.25) is 10.0 Å². The molecule has 0 bridgehead atoms. The first-order valence-corrected chi connectivity index (χ1v) is 14.3. The number of nitrogens with one attached hydrogen (secondary N) is 1. The van der Waals surface area contributed by atoms with Crippen molar-refractivity contribution in [2.45, 2.75) is 24.3 Å². The maximum atomic E-state index is 13.7. The molecule has 0 saturated heterocycles. The van der Waals surface area contributed by atoms with Gasteiger partial charge in [-0.25, -0.2) is 8.42 Å². The van der Waals surface area contributed by atoms with Crippen LogP contribution >= 0.6 is 0 Å². The summed E-state index contributed by atoms with van der Waals surface area (Å²) in [6, 6.07) is 19.4. The molecular weight excluding hydrogens is 502 g/mol. The van der Waals surface area contributed by atoms with Crippen LogP contribution in [-0.2, 0) is 20.0 Å². The molecule has 0 amide bonds. The number of benzene rings is 3. The second kappa shape index (κ2) is 10.2. The molecular formula is C25H27N3O6S2. The predicted molar refractivity (Wildman–Crippen MR) is 138 cm³/mol. The first-order chi connectivity index (χ1) is 17.2. The molecule has 0 aromatic heterocycles. The van der Waals surface area contributed by atoms with Crippen LogP contribution in [0.2, 0.25) is 0 Å². The molecule has 11 heteroatoms. The molecule has 1 atom stereocenters. The molecule has 1 aliphatic heterocycles. The molecule has 1 heterocycles. The van der Waals surface area contributed by atoms with Crippen molar-refractivity contribution in [3.8, 4) is 11.5 Å². The van der Waals surface area contributed by atoms with E-state index in [1.807, 2.05) is 12.1 Å². The standard InChI is InChI=1S/C25H27N3O6S2/c1-4-35(29,30)27-20-7-5-6-19(16-20)24-17-25(18-8-10-21(33-2)11-9-18)28(26-24)36(31,32)23-14-12-22(34-3)13-15-23/h5-16,25,27H,4,17H2,1-3H3/t25-/m1/s1. The van der Waals surface area contributed by atoms with Gasteiger partial charge in [-0.15, -0.1) is 0 Å². The van der Waals surface area contributed by atoms with Gasteiger partial charge in [-0.05, 0) is 66.6 Å². The summed E-state index contributed by atoms with van der Waals surface area (Å²) in [5, 5.41) is 4.53. The van der Waals surface area contributed by atoms with E-state index in [0.29, 0.717) is 34.9 Å². The second-order valence-corrected chi connectivity index (χ2v) is 11.9. The fourth-order valence-electron chi connectivity index (χ4n) is 3.83. The van der Waals surface area contributed by atoms with Gasteiger partial charge in [0.05, 0.1) is 36.6 Å². The number of hydrazone groups is 1. The van der Waals surface area contributed by atoms with E-state index in [4.69, 9.17) is 9.47 Å². The van der Waals surface area contributed by atoms with E-state index in [2.05, 4.69) is 9.82 Å². The van der Waals surface area contributed by atoms with Crippen LogP contribution in [0.5, 0.6) is 11.5 Å². The average Bonchev–Trinajstić information content (AvgIpc) is 3.35. The van der Waals surface area contributed by atoms with Gasteiger partial charge in [0, 0.05) is 12.1 Å². The van der Waals surface area contributed by atoms with E-state index in [1.165, 1.54) is 19.2 Å². The Balaban J connectivity index is 1.75. The van der Waals surface area contributed by atoms with Crippen LogP contribution in [0, 0.1) is 0 Å². The monoisotopic (exact) mass is 529 g/mol. The highest BCUT2D eigenvalue weighted by Gasteiger charge is 2.37. The first kappa shape index (κ1) is 25.5. The number of hydrogen-bond acceptors (Lipinski definition) is 7. The van der Waals surface area contributed by atoms with Crippen LogP contribution in [0.4, 0.5) is 5.69 Å². The topological polar surface area (TPSA) is 114 Å². The zero-order valence-electron chi connectivity index (χ0n) is 20.1. The Labute approximate surface area is 211 Å². The second-order valence-electron chi connectivity index (χ2n) is 8.08. The average molecular weight is 530 g/mol. The summed E-state index contributed by atoms with van der Waals surface area (Å²) in [6.45, 7) is 1.55. The van der Waals surface area contributed by atoms with Gasteiger partial charge < -0.3 is 9.47 Å². The minimum absolute atomic E-state index is 0.0639. The van der Waals surface area contributed by atoms with Crippen LogP contribution < -0.4 is 14.2 Å². The highest BCUT2D eigenvalue weighted by Crippen LogP contribution is 2.38. The van der Waals surface area contributed by atoms with Crippen LogP contribution in [0.1, 0.15) is 30.5 Å². The molecule has 4 rings (SSSR count). The number of sulfonamides is 2. The number of anilines is 1. The van der Waals surface area contributed by atoms with Crippen molar-refractivity contribution < 1.29 is 26.3 Å². The zero-order chi connectivity index (χ0) is 25.9. The zero-order valence-corrected chi connectivity index (χ0v) is 21.7. The number of methoxy groups -OCH3 is 2. The van der Waals surface area contributed by atoms with E-state index in [-0.39, 0.29) is 10.6 Å². The third kappa shape index (κ3) is 5.31. The maximum Gasteiger partial charge on any atom is 0.279 e. The van der Waals surface area contributed by atoms with Gasteiger partial charge in [0.15, 0.2) is 0 Å². The molecule has 0 radical (unpaired) electrons. The van der Waals surface area contributed by atoms with Crippen LogP contribution in [0.15, 0.2) is 82.8 Å². The largest absolute Gasteiger partial charge is 0.497 e. The Morgan fingerprint density at radius 2 is 1.53 bits per heavy atom. The molecule has 1 N–H and O–H groups in total.